The van der Waals surface area contributed by atoms with Gasteiger partial charge in [-0.25, -0.2) is 14.1 Å². The van der Waals surface area contributed by atoms with Crippen molar-refractivity contribution in [3.8, 4) is 17.1 Å². The second kappa shape index (κ2) is 7.42. The van der Waals surface area contributed by atoms with Crippen molar-refractivity contribution in [2.24, 2.45) is 0 Å². The maximum atomic E-state index is 13.2. The average Bonchev–Trinajstić information content (AvgIpc) is 3.06. The highest BCUT2D eigenvalue weighted by atomic mass is 35.5. The summed E-state index contributed by atoms with van der Waals surface area (Å²) >= 11 is 6.04. The zero-order valence-corrected chi connectivity index (χ0v) is 13.7. The summed E-state index contributed by atoms with van der Waals surface area (Å²) in [6.07, 6.45) is 0. The van der Waals surface area contributed by atoms with Crippen molar-refractivity contribution in [3.05, 3.63) is 65.2 Å². The summed E-state index contributed by atoms with van der Waals surface area (Å²) in [5, 5.41) is 16.0. The SMILES string of the molecule is O=C(NCCO)c1nc(-c2cccc(Cl)c2)n(-c2ccc(F)cc2)n1. The lowest BCUT2D eigenvalue weighted by atomic mass is 10.2. The van der Waals surface area contributed by atoms with Gasteiger partial charge in [0.15, 0.2) is 5.82 Å². The summed E-state index contributed by atoms with van der Waals surface area (Å²) in [5.41, 5.74) is 1.20. The molecule has 0 saturated carbocycles. The first kappa shape index (κ1) is 17.1. The van der Waals surface area contributed by atoms with E-state index in [1.807, 2.05) is 0 Å². The Balaban J connectivity index is 2.09. The van der Waals surface area contributed by atoms with Gasteiger partial charge >= 0.3 is 0 Å². The fraction of sp³-hybridized carbons (Fsp3) is 0.118. The molecule has 2 N–H and O–H groups in total. The smallest absolute Gasteiger partial charge is 0.291 e. The molecule has 1 aromatic heterocycles. The molecular weight excluding hydrogens is 347 g/mol. The van der Waals surface area contributed by atoms with Crippen LogP contribution in [0, 0.1) is 5.82 Å². The van der Waals surface area contributed by atoms with E-state index in [4.69, 9.17) is 16.7 Å². The van der Waals surface area contributed by atoms with Gasteiger partial charge in [0.2, 0.25) is 5.82 Å². The van der Waals surface area contributed by atoms with Gasteiger partial charge in [-0.2, -0.15) is 0 Å². The van der Waals surface area contributed by atoms with Crippen LogP contribution in [0.4, 0.5) is 4.39 Å². The van der Waals surface area contributed by atoms with Crippen LogP contribution in [0.1, 0.15) is 10.6 Å². The molecule has 0 aliphatic carbocycles. The predicted octanol–water partition coefficient (Wildman–Crippen LogP) is 2.45. The van der Waals surface area contributed by atoms with Gasteiger partial charge in [-0.05, 0) is 36.4 Å². The van der Waals surface area contributed by atoms with Crippen LogP contribution in [0.2, 0.25) is 5.02 Å². The minimum Gasteiger partial charge on any atom is -0.395 e. The van der Waals surface area contributed by atoms with E-state index in [-0.39, 0.29) is 24.8 Å². The Bertz CT molecular complexity index is 896. The van der Waals surface area contributed by atoms with Crippen molar-refractivity contribution >= 4 is 17.5 Å². The molecule has 0 bridgehead atoms. The Labute approximate surface area is 147 Å². The Morgan fingerprint density at radius 2 is 2.00 bits per heavy atom. The van der Waals surface area contributed by atoms with Crippen LogP contribution < -0.4 is 5.32 Å². The molecule has 0 saturated heterocycles. The second-order valence-electron chi connectivity index (χ2n) is 5.14. The van der Waals surface area contributed by atoms with Crippen LogP contribution in [-0.4, -0.2) is 38.9 Å². The predicted molar refractivity (Wildman–Crippen MR) is 91.2 cm³/mol. The lowest BCUT2D eigenvalue weighted by molar-refractivity contribution is 0.0934. The van der Waals surface area contributed by atoms with E-state index in [9.17, 15) is 9.18 Å². The van der Waals surface area contributed by atoms with Crippen LogP contribution in [-0.2, 0) is 0 Å². The third-order valence-electron chi connectivity index (χ3n) is 3.36. The van der Waals surface area contributed by atoms with E-state index in [1.165, 1.54) is 28.9 Å². The molecule has 1 heterocycles. The standard InChI is InChI=1S/C17H14ClFN4O2/c18-12-3-1-2-11(10-12)16-21-15(17(25)20-8-9-24)22-23(16)14-6-4-13(19)5-7-14/h1-7,10,24H,8-9H2,(H,20,25). The van der Waals surface area contributed by atoms with Gasteiger partial charge in [0, 0.05) is 17.1 Å². The number of hydrogen-bond donors (Lipinski definition) is 2. The number of hydrogen-bond acceptors (Lipinski definition) is 4. The third kappa shape index (κ3) is 3.84. The van der Waals surface area contributed by atoms with Gasteiger partial charge in [0.25, 0.3) is 5.91 Å². The molecule has 3 aromatic rings. The molecule has 25 heavy (non-hydrogen) atoms. The lowest BCUT2D eigenvalue weighted by Crippen LogP contribution is -2.27. The topological polar surface area (TPSA) is 80.0 Å². The number of halogens is 2. The van der Waals surface area contributed by atoms with Crippen molar-refractivity contribution in [2.45, 2.75) is 0 Å². The molecule has 128 valence electrons. The van der Waals surface area contributed by atoms with E-state index in [1.54, 1.807) is 24.3 Å². The average molecular weight is 361 g/mol. The molecule has 0 fully saturated rings. The van der Waals surface area contributed by atoms with Crippen molar-refractivity contribution < 1.29 is 14.3 Å². The van der Waals surface area contributed by atoms with Crippen molar-refractivity contribution in [2.75, 3.05) is 13.2 Å². The number of amides is 1. The Kier molecular flexibility index (Phi) is 5.06. The third-order valence-corrected chi connectivity index (χ3v) is 3.60. The number of carbonyl (C=O) groups excluding carboxylic acids is 1. The van der Waals surface area contributed by atoms with Gasteiger partial charge in [0.1, 0.15) is 5.82 Å². The van der Waals surface area contributed by atoms with E-state index in [2.05, 4.69) is 15.4 Å². The first-order valence-electron chi connectivity index (χ1n) is 7.46. The van der Waals surface area contributed by atoms with Gasteiger partial charge in [-0.1, -0.05) is 23.7 Å². The zero-order valence-electron chi connectivity index (χ0n) is 13.0. The minimum absolute atomic E-state index is 0.0623. The molecule has 3 rings (SSSR count). The lowest BCUT2D eigenvalue weighted by Gasteiger charge is -2.06. The largest absolute Gasteiger partial charge is 0.395 e. The van der Waals surface area contributed by atoms with E-state index in [0.717, 1.165) is 0 Å². The summed E-state index contributed by atoms with van der Waals surface area (Å²) in [6, 6.07) is 12.6. The maximum absolute atomic E-state index is 13.2. The van der Waals surface area contributed by atoms with E-state index in [0.29, 0.717) is 22.1 Å². The number of aliphatic hydroxyl groups is 1. The zero-order chi connectivity index (χ0) is 17.8. The van der Waals surface area contributed by atoms with Crippen LogP contribution in [0.25, 0.3) is 17.1 Å². The number of nitrogens with one attached hydrogen (secondary N) is 1. The van der Waals surface area contributed by atoms with Gasteiger partial charge in [-0.3, -0.25) is 4.79 Å². The quantitative estimate of drug-likeness (QED) is 0.732. The molecule has 6 nitrogen and oxygen atoms in total. The summed E-state index contributed by atoms with van der Waals surface area (Å²) in [6.45, 7) is -0.0953. The van der Waals surface area contributed by atoms with Gasteiger partial charge < -0.3 is 10.4 Å². The summed E-state index contributed by atoms with van der Waals surface area (Å²) in [7, 11) is 0. The molecule has 8 heteroatoms. The second-order valence-corrected chi connectivity index (χ2v) is 5.57. The van der Waals surface area contributed by atoms with Crippen LogP contribution in [0.15, 0.2) is 48.5 Å². The first-order valence-corrected chi connectivity index (χ1v) is 7.84. The molecule has 1 amide bonds. The molecule has 0 unspecified atom stereocenters. The highest BCUT2D eigenvalue weighted by molar-refractivity contribution is 6.30. The highest BCUT2D eigenvalue weighted by Crippen LogP contribution is 2.24. The van der Waals surface area contributed by atoms with Crippen LogP contribution >= 0.6 is 11.6 Å². The van der Waals surface area contributed by atoms with E-state index >= 15 is 0 Å². The fourth-order valence-electron chi connectivity index (χ4n) is 2.23. The number of aromatic nitrogens is 3. The minimum atomic E-state index is -0.516. The van der Waals surface area contributed by atoms with Crippen LogP contribution in [0.3, 0.4) is 0 Å². The molecule has 0 atom stereocenters. The Morgan fingerprint density at radius 1 is 1.24 bits per heavy atom. The molecule has 0 spiro atoms. The van der Waals surface area contributed by atoms with Crippen LogP contribution in [0.5, 0.6) is 0 Å². The Hall–Kier alpha value is -2.77. The summed E-state index contributed by atoms with van der Waals surface area (Å²) in [4.78, 5) is 16.4. The number of benzene rings is 2. The van der Waals surface area contributed by atoms with Gasteiger partial charge in [0.05, 0.1) is 12.3 Å². The molecule has 0 radical (unpaired) electrons. The molecular formula is C17H14ClFN4O2. The normalized spacial score (nSPS) is 10.7. The van der Waals surface area contributed by atoms with Gasteiger partial charge in [-0.15, -0.1) is 5.10 Å². The fourth-order valence-corrected chi connectivity index (χ4v) is 2.42. The monoisotopic (exact) mass is 360 g/mol. The number of rotatable bonds is 5. The molecule has 0 aliphatic rings. The number of nitrogens with zero attached hydrogens (tertiary/aromatic N) is 3. The summed E-state index contributed by atoms with van der Waals surface area (Å²) < 4.78 is 14.6. The van der Waals surface area contributed by atoms with Crippen molar-refractivity contribution in [3.63, 3.8) is 0 Å². The molecule has 0 aliphatic heterocycles. The number of aliphatic hydroxyl groups excluding tert-OH is 1. The Morgan fingerprint density at radius 3 is 2.68 bits per heavy atom. The number of carbonyl (C=O) groups is 1. The van der Waals surface area contributed by atoms with Crippen molar-refractivity contribution in [1.82, 2.24) is 20.1 Å². The summed E-state index contributed by atoms with van der Waals surface area (Å²) in [5.74, 6) is -0.566. The van der Waals surface area contributed by atoms with Crippen molar-refractivity contribution in [1.29, 1.82) is 0 Å². The molecule has 2 aromatic carbocycles. The van der Waals surface area contributed by atoms with E-state index < -0.39 is 5.91 Å². The highest BCUT2D eigenvalue weighted by Gasteiger charge is 2.18. The maximum Gasteiger partial charge on any atom is 0.291 e. The first-order chi connectivity index (χ1) is 12.1.